The molecule has 0 amide bonds. The molecule has 3 rings (SSSR count). The molecule has 3 fully saturated rings. The van der Waals surface area contributed by atoms with Gasteiger partial charge in [0.05, 0.1) is 17.8 Å². The van der Waals surface area contributed by atoms with Gasteiger partial charge >= 0.3 is 5.97 Å². The third-order valence-electron chi connectivity index (χ3n) is 8.27. The number of carbonyl (C=O) groups excluding carboxylic acids is 2. The summed E-state index contributed by atoms with van der Waals surface area (Å²) in [6.45, 7) is 14.1. The van der Waals surface area contributed by atoms with E-state index in [1.165, 1.54) is 13.0 Å². The van der Waals surface area contributed by atoms with Gasteiger partial charge in [0.2, 0.25) is 0 Å². The molecule has 1 saturated heterocycles. The van der Waals surface area contributed by atoms with Crippen molar-refractivity contribution >= 4 is 11.8 Å². The van der Waals surface area contributed by atoms with Crippen LogP contribution in [0.25, 0.3) is 0 Å². The fraction of sp³-hybridized carbons (Fsp3) is 0.826. The Morgan fingerprint density at radius 2 is 1.87 bits per heavy atom. The molecule has 0 bridgehead atoms. The highest BCUT2D eigenvalue weighted by atomic mass is 16.6. The summed E-state index contributed by atoms with van der Waals surface area (Å²) in [4.78, 5) is 25.9. The predicted octanol–water partition coefficient (Wildman–Crippen LogP) is 1.91. The summed E-state index contributed by atoms with van der Waals surface area (Å²) in [5.41, 5.74) is -7.01. The van der Waals surface area contributed by atoms with Crippen molar-refractivity contribution in [2.45, 2.75) is 102 Å². The highest BCUT2D eigenvalue weighted by molar-refractivity contribution is 5.92. The molecule has 8 atom stereocenters. The second kappa shape index (κ2) is 6.86. The molecule has 7 heteroatoms. The first-order valence-corrected chi connectivity index (χ1v) is 10.8. The first-order chi connectivity index (χ1) is 13.6. The van der Waals surface area contributed by atoms with E-state index in [4.69, 9.17) is 9.47 Å². The molecule has 30 heavy (non-hydrogen) atoms. The number of rotatable bonds is 3. The van der Waals surface area contributed by atoms with E-state index in [1.54, 1.807) is 20.8 Å². The summed E-state index contributed by atoms with van der Waals surface area (Å²) in [6, 6.07) is 0. The summed E-state index contributed by atoms with van der Waals surface area (Å²) in [5.74, 6) is -1.78. The molecule has 0 radical (unpaired) electrons. The molecule has 2 aliphatic carbocycles. The third kappa shape index (κ3) is 2.71. The summed E-state index contributed by atoms with van der Waals surface area (Å²) >= 11 is 0. The van der Waals surface area contributed by atoms with E-state index in [0.717, 1.165) is 0 Å². The normalized spacial score (nSPS) is 50.2. The minimum Gasteiger partial charge on any atom is -0.456 e. The van der Waals surface area contributed by atoms with E-state index in [1.807, 2.05) is 13.8 Å². The Bertz CT molecular complexity index is 763. The topological polar surface area (TPSA) is 113 Å². The standard InChI is InChI=1S/C23H36O7/c1-8-15(26)29-18-16(27)17-19(3,4)11-10-13(24)21(17,6)23(28)14(25)12-20(5,9-2)30-22(18,23)7/h9,13,16-18,24,27-28H,2,8,10-12H2,1,3-7H3/t13-,16?,17-,18?,20-,21?,22+,23-/m0/s1. The maximum Gasteiger partial charge on any atom is 0.305 e. The lowest BCUT2D eigenvalue weighted by Crippen LogP contribution is -2.86. The van der Waals surface area contributed by atoms with Crippen molar-refractivity contribution in [3.63, 3.8) is 0 Å². The quantitative estimate of drug-likeness (QED) is 0.468. The van der Waals surface area contributed by atoms with Gasteiger partial charge in [0.15, 0.2) is 17.5 Å². The third-order valence-corrected chi connectivity index (χ3v) is 8.27. The number of fused-ring (bicyclic) bond motifs is 3. The Balaban J connectivity index is 2.31. The summed E-state index contributed by atoms with van der Waals surface area (Å²) < 4.78 is 12.0. The number of ether oxygens (including phenoxy) is 2. The second-order valence-electron chi connectivity index (χ2n) is 10.6. The molecule has 170 valence electrons. The molecule has 2 saturated carbocycles. The molecule has 1 heterocycles. The number of hydrogen-bond donors (Lipinski definition) is 3. The lowest BCUT2D eigenvalue weighted by atomic mass is 9.40. The van der Waals surface area contributed by atoms with Crippen molar-refractivity contribution in [3.8, 4) is 0 Å². The van der Waals surface area contributed by atoms with Crippen molar-refractivity contribution in [2.24, 2.45) is 16.7 Å². The molecule has 0 aromatic rings. The average molecular weight is 425 g/mol. The van der Waals surface area contributed by atoms with Crippen molar-refractivity contribution in [2.75, 3.05) is 0 Å². The molecule has 3 unspecified atom stereocenters. The summed E-state index contributed by atoms with van der Waals surface area (Å²) in [6.07, 6.45) is -1.21. The molecule has 0 aromatic carbocycles. The van der Waals surface area contributed by atoms with Crippen LogP contribution in [0.3, 0.4) is 0 Å². The van der Waals surface area contributed by atoms with Crippen LogP contribution in [-0.2, 0) is 19.1 Å². The van der Waals surface area contributed by atoms with Crippen LogP contribution in [0.1, 0.15) is 67.2 Å². The Hall–Kier alpha value is -1.28. The molecule has 0 spiro atoms. The van der Waals surface area contributed by atoms with Gasteiger partial charge < -0.3 is 24.8 Å². The first-order valence-electron chi connectivity index (χ1n) is 10.8. The van der Waals surface area contributed by atoms with Gasteiger partial charge in [0.1, 0.15) is 5.60 Å². The molecular formula is C23H36O7. The fourth-order valence-electron chi connectivity index (χ4n) is 6.70. The zero-order chi connectivity index (χ0) is 22.9. The van der Waals surface area contributed by atoms with Crippen LogP contribution in [0, 0.1) is 16.7 Å². The van der Waals surface area contributed by atoms with E-state index < -0.39 is 63.6 Å². The van der Waals surface area contributed by atoms with Crippen LogP contribution in [-0.4, -0.2) is 62.2 Å². The number of Topliss-reactive ketones (excluding diaryl/α,β-unsaturated/α-hetero) is 1. The zero-order valence-electron chi connectivity index (χ0n) is 18.9. The monoisotopic (exact) mass is 424 g/mol. The smallest absolute Gasteiger partial charge is 0.305 e. The van der Waals surface area contributed by atoms with Crippen molar-refractivity contribution in [1.82, 2.24) is 0 Å². The lowest BCUT2D eigenvalue weighted by Gasteiger charge is -2.71. The average Bonchev–Trinajstić information content (AvgIpc) is 2.65. The number of carbonyl (C=O) groups is 2. The van der Waals surface area contributed by atoms with E-state index in [2.05, 4.69) is 6.58 Å². The highest BCUT2D eigenvalue weighted by Gasteiger charge is 2.81. The van der Waals surface area contributed by atoms with Gasteiger partial charge in [-0.3, -0.25) is 9.59 Å². The van der Waals surface area contributed by atoms with Gasteiger partial charge in [-0.25, -0.2) is 0 Å². The van der Waals surface area contributed by atoms with Crippen LogP contribution in [0.4, 0.5) is 0 Å². The molecule has 3 aliphatic rings. The van der Waals surface area contributed by atoms with Crippen molar-refractivity contribution < 1.29 is 34.4 Å². The minimum absolute atomic E-state index is 0.0678. The van der Waals surface area contributed by atoms with Gasteiger partial charge in [-0.2, -0.15) is 0 Å². The predicted molar refractivity (Wildman–Crippen MR) is 109 cm³/mol. The van der Waals surface area contributed by atoms with E-state index in [-0.39, 0.29) is 12.8 Å². The lowest BCUT2D eigenvalue weighted by molar-refractivity contribution is -0.370. The second-order valence-corrected chi connectivity index (χ2v) is 10.6. The number of ketones is 1. The maximum atomic E-state index is 13.6. The SMILES string of the molecule is C=C[C@@]1(C)CC(=O)[C@]2(O)C3(C)[C@@H](O)CCC(C)(C)[C@@H]3C(O)C(OC(=O)CC)[C@@]2(C)O1. The Labute approximate surface area is 178 Å². The molecule has 7 nitrogen and oxygen atoms in total. The summed E-state index contributed by atoms with van der Waals surface area (Å²) in [5, 5.41) is 34.9. The van der Waals surface area contributed by atoms with Gasteiger partial charge in [-0.15, -0.1) is 6.58 Å². The number of aliphatic hydroxyl groups excluding tert-OH is 2. The van der Waals surface area contributed by atoms with Crippen LogP contribution in [0.2, 0.25) is 0 Å². The highest BCUT2D eigenvalue weighted by Crippen LogP contribution is 2.67. The molecule has 0 aromatic heterocycles. The van der Waals surface area contributed by atoms with Gasteiger partial charge in [-0.05, 0) is 32.1 Å². The maximum absolute atomic E-state index is 13.6. The minimum atomic E-state index is -2.18. The van der Waals surface area contributed by atoms with E-state index in [9.17, 15) is 24.9 Å². The van der Waals surface area contributed by atoms with E-state index >= 15 is 0 Å². The zero-order valence-corrected chi connectivity index (χ0v) is 18.9. The van der Waals surface area contributed by atoms with Crippen LogP contribution in [0.15, 0.2) is 12.7 Å². The van der Waals surface area contributed by atoms with Crippen LogP contribution >= 0.6 is 0 Å². The van der Waals surface area contributed by atoms with Gasteiger partial charge in [0, 0.05) is 24.2 Å². The van der Waals surface area contributed by atoms with Crippen molar-refractivity contribution in [3.05, 3.63) is 12.7 Å². The molecule has 3 N–H and O–H groups in total. The Morgan fingerprint density at radius 3 is 2.40 bits per heavy atom. The molecular weight excluding hydrogens is 388 g/mol. The Kier molecular flexibility index (Phi) is 5.35. The van der Waals surface area contributed by atoms with Crippen LogP contribution < -0.4 is 0 Å². The van der Waals surface area contributed by atoms with Gasteiger partial charge in [0.25, 0.3) is 0 Å². The van der Waals surface area contributed by atoms with Crippen LogP contribution in [0.5, 0.6) is 0 Å². The Morgan fingerprint density at radius 1 is 1.27 bits per heavy atom. The number of aliphatic hydroxyl groups is 3. The van der Waals surface area contributed by atoms with E-state index in [0.29, 0.717) is 12.8 Å². The number of hydrogen-bond acceptors (Lipinski definition) is 7. The largest absolute Gasteiger partial charge is 0.456 e. The van der Waals surface area contributed by atoms with Crippen molar-refractivity contribution in [1.29, 1.82) is 0 Å². The number of esters is 1. The first kappa shape index (κ1) is 23.4. The van der Waals surface area contributed by atoms with Gasteiger partial charge in [-0.1, -0.05) is 33.8 Å². The summed E-state index contributed by atoms with van der Waals surface area (Å²) in [7, 11) is 0. The molecule has 1 aliphatic heterocycles. The fourth-order valence-corrected chi connectivity index (χ4v) is 6.70.